The lowest BCUT2D eigenvalue weighted by Crippen LogP contribution is -2.29. The first-order valence-electron chi connectivity index (χ1n) is 11.6. The van der Waals surface area contributed by atoms with E-state index in [0.29, 0.717) is 33.7 Å². The Morgan fingerprint density at radius 2 is 1.73 bits per heavy atom. The third-order valence-electron chi connectivity index (χ3n) is 5.46. The molecular formula is C28H26Br2N4O3. The number of hydrogen-bond donors (Lipinski definition) is 1. The highest BCUT2D eigenvalue weighted by atomic mass is 79.9. The van der Waals surface area contributed by atoms with Crippen LogP contribution in [0.5, 0.6) is 5.75 Å². The summed E-state index contributed by atoms with van der Waals surface area (Å²) < 4.78 is 8.72. The Balaban J connectivity index is 1.64. The van der Waals surface area contributed by atoms with Crippen LogP contribution in [0, 0.1) is 6.92 Å². The normalized spacial score (nSPS) is 11.7. The number of ether oxygens (including phenoxy) is 1. The topological polar surface area (TPSA) is 85.6 Å². The molecule has 37 heavy (non-hydrogen) atoms. The van der Waals surface area contributed by atoms with Crippen molar-refractivity contribution in [1.82, 2.24) is 9.66 Å². The highest BCUT2D eigenvalue weighted by molar-refractivity contribution is 9.10. The van der Waals surface area contributed by atoms with Gasteiger partial charge in [0.2, 0.25) is 0 Å². The summed E-state index contributed by atoms with van der Waals surface area (Å²) in [4.78, 5) is 30.6. The van der Waals surface area contributed by atoms with Crippen LogP contribution in [-0.4, -0.2) is 28.4 Å². The maximum Gasteiger partial charge on any atom is 0.282 e. The number of aryl methyl sites for hydroxylation is 1. The summed E-state index contributed by atoms with van der Waals surface area (Å²) in [5.41, 5.74) is 2.29. The minimum absolute atomic E-state index is 0.185. The molecule has 0 aliphatic heterocycles. The van der Waals surface area contributed by atoms with Crippen LogP contribution >= 0.6 is 31.9 Å². The van der Waals surface area contributed by atoms with Crippen LogP contribution < -0.4 is 15.6 Å². The summed E-state index contributed by atoms with van der Waals surface area (Å²) in [6.45, 7) is 7.73. The molecule has 0 saturated heterocycles. The lowest BCUT2D eigenvalue weighted by atomic mass is 9.95. The van der Waals surface area contributed by atoms with Crippen molar-refractivity contribution in [3.05, 3.63) is 96.9 Å². The molecule has 0 spiro atoms. The molecule has 0 atom stereocenters. The standard InChI is InChI=1S/C28H26Br2N4O3/c1-17-5-9-21(10-6-17)32-25(35)16-37-24-12-8-19(29)13-18(24)15-31-34-26(36)22-14-20(30)7-11-23(22)33-27(34)28(2,3)4/h5-15H,16H2,1-4H3,(H,32,35). The first kappa shape index (κ1) is 26.8. The average molecular weight is 626 g/mol. The van der Waals surface area contributed by atoms with E-state index in [0.717, 1.165) is 14.5 Å². The average Bonchev–Trinajstić information content (AvgIpc) is 2.84. The number of amides is 1. The molecule has 0 fully saturated rings. The number of anilines is 1. The van der Waals surface area contributed by atoms with Gasteiger partial charge in [-0.15, -0.1) is 0 Å². The Hall–Kier alpha value is -3.30. The number of rotatable bonds is 6. The van der Waals surface area contributed by atoms with Crippen molar-refractivity contribution in [2.75, 3.05) is 11.9 Å². The summed E-state index contributed by atoms with van der Waals surface area (Å²) in [5.74, 6) is 0.691. The molecule has 0 unspecified atom stereocenters. The van der Waals surface area contributed by atoms with E-state index in [1.807, 2.05) is 76.2 Å². The predicted molar refractivity (Wildman–Crippen MR) is 155 cm³/mol. The number of hydrogen-bond acceptors (Lipinski definition) is 5. The van der Waals surface area contributed by atoms with Gasteiger partial charge in [0.1, 0.15) is 11.6 Å². The smallest absolute Gasteiger partial charge is 0.282 e. The van der Waals surface area contributed by atoms with Crippen molar-refractivity contribution in [2.45, 2.75) is 33.1 Å². The summed E-state index contributed by atoms with van der Waals surface area (Å²) >= 11 is 6.90. The summed E-state index contributed by atoms with van der Waals surface area (Å²) in [6.07, 6.45) is 1.54. The molecular weight excluding hydrogens is 600 g/mol. The van der Waals surface area contributed by atoms with Gasteiger partial charge in [0.25, 0.3) is 11.5 Å². The maximum atomic E-state index is 13.4. The lowest BCUT2D eigenvalue weighted by Gasteiger charge is -2.21. The van der Waals surface area contributed by atoms with E-state index in [1.165, 1.54) is 4.68 Å². The number of nitrogens with one attached hydrogen (secondary N) is 1. The quantitative estimate of drug-likeness (QED) is 0.250. The molecule has 1 N–H and O–H groups in total. The van der Waals surface area contributed by atoms with Gasteiger partial charge in [0, 0.05) is 25.6 Å². The number of halogens is 2. The Morgan fingerprint density at radius 1 is 1.05 bits per heavy atom. The van der Waals surface area contributed by atoms with Crippen molar-refractivity contribution in [1.29, 1.82) is 0 Å². The first-order valence-corrected chi connectivity index (χ1v) is 13.2. The molecule has 1 heterocycles. The van der Waals surface area contributed by atoms with Gasteiger partial charge in [-0.25, -0.2) is 4.98 Å². The van der Waals surface area contributed by atoms with Crippen LogP contribution in [0.25, 0.3) is 10.9 Å². The Bertz CT molecular complexity index is 1560. The van der Waals surface area contributed by atoms with E-state index < -0.39 is 5.41 Å². The molecule has 190 valence electrons. The van der Waals surface area contributed by atoms with Gasteiger partial charge in [-0.3, -0.25) is 9.59 Å². The van der Waals surface area contributed by atoms with E-state index in [4.69, 9.17) is 9.72 Å². The number of fused-ring (bicyclic) bond motifs is 1. The van der Waals surface area contributed by atoms with Gasteiger partial charge in [-0.05, 0) is 55.5 Å². The Labute approximate surface area is 231 Å². The number of benzene rings is 3. The van der Waals surface area contributed by atoms with Crippen molar-refractivity contribution < 1.29 is 9.53 Å². The Morgan fingerprint density at radius 3 is 2.43 bits per heavy atom. The van der Waals surface area contributed by atoms with Gasteiger partial charge in [-0.1, -0.05) is 70.3 Å². The van der Waals surface area contributed by atoms with E-state index in [-0.39, 0.29) is 18.1 Å². The molecule has 1 aromatic heterocycles. The van der Waals surface area contributed by atoms with Gasteiger partial charge in [0.15, 0.2) is 6.61 Å². The van der Waals surface area contributed by atoms with Crippen LogP contribution in [0.2, 0.25) is 0 Å². The third kappa shape index (κ3) is 6.53. The number of nitrogens with zero attached hydrogens (tertiary/aromatic N) is 3. The summed E-state index contributed by atoms with van der Waals surface area (Å²) in [6, 6.07) is 18.3. The molecule has 3 aromatic carbocycles. The van der Waals surface area contributed by atoms with Crippen molar-refractivity contribution in [2.24, 2.45) is 5.10 Å². The van der Waals surface area contributed by atoms with E-state index in [2.05, 4.69) is 42.3 Å². The fourth-order valence-electron chi connectivity index (χ4n) is 3.59. The Kier molecular flexibility index (Phi) is 7.94. The molecule has 0 saturated carbocycles. The third-order valence-corrected chi connectivity index (χ3v) is 6.44. The molecule has 4 rings (SSSR count). The fourth-order valence-corrected chi connectivity index (χ4v) is 4.33. The highest BCUT2D eigenvalue weighted by Gasteiger charge is 2.23. The number of carbonyl (C=O) groups is 1. The van der Waals surface area contributed by atoms with Gasteiger partial charge in [0.05, 0.1) is 17.1 Å². The maximum absolute atomic E-state index is 13.4. The SMILES string of the molecule is Cc1ccc(NC(=O)COc2ccc(Br)cc2C=Nn2c(C(C)(C)C)nc3ccc(Br)cc3c2=O)cc1. The number of aromatic nitrogens is 2. The van der Waals surface area contributed by atoms with Gasteiger partial charge in [-0.2, -0.15) is 9.78 Å². The minimum atomic E-state index is -0.442. The molecule has 4 aromatic rings. The molecule has 0 aliphatic rings. The van der Waals surface area contributed by atoms with E-state index in [9.17, 15) is 9.59 Å². The van der Waals surface area contributed by atoms with Crippen LogP contribution in [0.1, 0.15) is 37.7 Å². The van der Waals surface area contributed by atoms with Crippen LogP contribution in [0.15, 0.2) is 79.5 Å². The molecule has 7 nitrogen and oxygen atoms in total. The molecule has 9 heteroatoms. The van der Waals surface area contributed by atoms with Crippen molar-refractivity contribution >= 4 is 60.6 Å². The fraction of sp³-hybridized carbons (Fsp3) is 0.214. The zero-order valence-electron chi connectivity index (χ0n) is 20.9. The highest BCUT2D eigenvalue weighted by Crippen LogP contribution is 2.25. The second-order valence-corrected chi connectivity index (χ2v) is 11.4. The van der Waals surface area contributed by atoms with E-state index in [1.54, 1.807) is 18.3 Å². The monoisotopic (exact) mass is 624 g/mol. The van der Waals surface area contributed by atoms with Crippen molar-refractivity contribution in [3.63, 3.8) is 0 Å². The molecule has 0 bridgehead atoms. The van der Waals surface area contributed by atoms with Gasteiger partial charge >= 0.3 is 0 Å². The van der Waals surface area contributed by atoms with Crippen molar-refractivity contribution in [3.8, 4) is 5.75 Å². The second kappa shape index (κ2) is 11.0. The van der Waals surface area contributed by atoms with Gasteiger partial charge < -0.3 is 10.1 Å². The molecule has 1 amide bonds. The van der Waals surface area contributed by atoms with E-state index >= 15 is 0 Å². The zero-order valence-corrected chi connectivity index (χ0v) is 24.1. The predicted octanol–water partition coefficient (Wildman–Crippen LogP) is 6.43. The lowest BCUT2D eigenvalue weighted by molar-refractivity contribution is -0.118. The zero-order chi connectivity index (χ0) is 26.7. The number of carbonyl (C=O) groups excluding carboxylic acids is 1. The van der Waals surface area contributed by atoms with Crippen LogP contribution in [-0.2, 0) is 10.2 Å². The minimum Gasteiger partial charge on any atom is -0.483 e. The first-order chi connectivity index (χ1) is 17.5. The van der Waals surface area contributed by atoms with Crippen LogP contribution in [0.3, 0.4) is 0 Å². The van der Waals surface area contributed by atoms with Crippen LogP contribution in [0.4, 0.5) is 5.69 Å². The summed E-state index contributed by atoms with van der Waals surface area (Å²) in [7, 11) is 0. The largest absolute Gasteiger partial charge is 0.483 e. The second-order valence-electron chi connectivity index (χ2n) is 9.59. The molecule has 0 radical (unpaired) electrons. The molecule has 0 aliphatic carbocycles. The summed E-state index contributed by atoms with van der Waals surface area (Å²) in [5, 5.41) is 7.80.